The first-order valence-electron chi connectivity index (χ1n) is 4.52. The quantitative estimate of drug-likeness (QED) is 0.636. The first-order valence-corrected chi connectivity index (χ1v) is 4.52. The van der Waals surface area contributed by atoms with Crippen molar-refractivity contribution in [3.63, 3.8) is 0 Å². The van der Waals surface area contributed by atoms with E-state index in [0.717, 1.165) is 0 Å². The van der Waals surface area contributed by atoms with Gasteiger partial charge in [0.05, 0.1) is 19.0 Å². The SMILES string of the molecule is COc1ccc(NC(=O)NOCC(=O)O)cn1. The monoisotopic (exact) mass is 241 g/mol. The van der Waals surface area contributed by atoms with Crippen LogP contribution in [-0.2, 0) is 9.63 Å². The Morgan fingerprint density at radius 3 is 2.76 bits per heavy atom. The van der Waals surface area contributed by atoms with Crippen molar-refractivity contribution in [3.05, 3.63) is 18.3 Å². The molecule has 1 aromatic heterocycles. The van der Waals surface area contributed by atoms with Crippen LogP contribution < -0.4 is 15.5 Å². The number of carbonyl (C=O) groups is 2. The van der Waals surface area contributed by atoms with Crippen LogP contribution in [0.4, 0.5) is 10.5 Å². The summed E-state index contributed by atoms with van der Waals surface area (Å²) in [5.41, 5.74) is 2.32. The lowest BCUT2D eigenvalue weighted by Gasteiger charge is -2.06. The van der Waals surface area contributed by atoms with Gasteiger partial charge in [0.2, 0.25) is 5.88 Å². The number of ether oxygens (including phenoxy) is 1. The molecule has 0 bridgehead atoms. The van der Waals surface area contributed by atoms with Crippen LogP contribution in [-0.4, -0.2) is 35.8 Å². The molecule has 92 valence electrons. The number of carbonyl (C=O) groups excluding carboxylic acids is 1. The fraction of sp³-hybridized carbons (Fsp3) is 0.222. The van der Waals surface area contributed by atoms with Gasteiger partial charge in [0.15, 0.2) is 6.61 Å². The Bertz CT molecular complexity index is 392. The normalized spacial score (nSPS) is 9.47. The largest absolute Gasteiger partial charge is 0.481 e. The fourth-order valence-electron chi connectivity index (χ4n) is 0.895. The van der Waals surface area contributed by atoms with Crippen molar-refractivity contribution < 1.29 is 24.3 Å². The van der Waals surface area contributed by atoms with Gasteiger partial charge in [-0.2, -0.15) is 0 Å². The molecule has 0 unspecified atom stereocenters. The number of aliphatic carboxylic acids is 1. The molecule has 0 spiro atoms. The standard InChI is InChI=1S/C9H11N3O5/c1-16-7-3-2-6(4-10-7)11-9(15)12-17-5-8(13)14/h2-4H,5H2,1H3,(H,13,14)(H2,11,12,15). The van der Waals surface area contributed by atoms with Crippen LogP contribution >= 0.6 is 0 Å². The van der Waals surface area contributed by atoms with Gasteiger partial charge in [-0.15, -0.1) is 0 Å². The van der Waals surface area contributed by atoms with Crippen molar-refractivity contribution in [2.24, 2.45) is 0 Å². The Morgan fingerprint density at radius 1 is 1.47 bits per heavy atom. The van der Waals surface area contributed by atoms with Gasteiger partial charge in [0.1, 0.15) is 0 Å². The number of nitrogens with zero attached hydrogens (tertiary/aromatic N) is 1. The molecule has 0 atom stereocenters. The summed E-state index contributed by atoms with van der Waals surface area (Å²) < 4.78 is 4.84. The number of anilines is 1. The third kappa shape index (κ3) is 4.80. The van der Waals surface area contributed by atoms with Crippen LogP contribution in [0.15, 0.2) is 18.3 Å². The zero-order valence-electron chi connectivity index (χ0n) is 8.97. The maximum Gasteiger partial charge on any atom is 0.343 e. The highest BCUT2D eigenvalue weighted by molar-refractivity contribution is 5.88. The number of rotatable bonds is 5. The molecule has 17 heavy (non-hydrogen) atoms. The number of hydroxylamine groups is 1. The summed E-state index contributed by atoms with van der Waals surface area (Å²) >= 11 is 0. The minimum Gasteiger partial charge on any atom is -0.481 e. The Balaban J connectivity index is 2.37. The maximum absolute atomic E-state index is 11.1. The Labute approximate surface area is 96.5 Å². The van der Waals surface area contributed by atoms with Crippen LogP contribution in [0.25, 0.3) is 0 Å². The lowest BCUT2D eigenvalue weighted by atomic mass is 10.4. The molecule has 1 rings (SSSR count). The minimum atomic E-state index is -1.18. The summed E-state index contributed by atoms with van der Waals surface area (Å²) in [6.45, 7) is -0.617. The molecule has 0 radical (unpaired) electrons. The number of amides is 2. The fourth-order valence-corrected chi connectivity index (χ4v) is 0.895. The van der Waals surface area contributed by atoms with Gasteiger partial charge in [0, 0.05) is 6.07 Å². The molecule has 1 aromatic rings. The average Bonchev–Trinajstić information content (AvgIpc) is 2.29. The van der Waals surface area contributed by atoms with Gasteiger partial charge in [-0.3, -0.25) is 4.84 Å². The van der Waals surface area contributed by atoms with E-state index in [2.05, 4.69) is 15.1 Å². The van der Waals surface area contributed by atoms with Crippen molar-refractivity contribution >= 4 is 17.7 Å². The summed E-state index contributed by atoms with van der Waals surface area (Å²) in [7, 11) is 1.47. The number of nitrogens with one attached hydrogen (secondary N) is 2. The van der Waals surface area contributed by atoms with Crippen molar-refractivity contribution in [1.29, 1.82) is 0 Å². The van der Waals surface area contributed by atoms with E-state index in [1.54, 1.807) is 12.1 Å². The second-order valence-electron chi connectivity index (χ2n) is 2.83. The van der Waals surface area contributed by atoms with E-state index >= 15 is 0 Å². The molecule has 0 aromatic carbocycles. The molecule has 1 heterocycles. The number of hydrogen-bond donors (Lipinski definition) is 3. The number of methoxy groups -OCH3 is 1. The van der Waals surface area contributed by atoms with E-state index in [1.165, 1.54) is 13.3 Å². The zero-order valence-corrected chi connectivity index (χ0v) is 8.97. The number of hydrogen-bond acceptors (Lipinski definition) is 5. The highest BCUT2D eigenvalue weighted by Crippen LogP contribution is 2.10. The average molecular weight is 241 g/mol. The second-order valence-corrected chi connectivity index (χ2v) is 2.83. The van der Waals surface area contributed by atoms with E-state index in [4.69, 9.17) is 9.84 Å². The van der Waals surface area contributed by atoms with Crippen molar-refractivity contribution in [2.45, 2.75) is 0 Å². The molecule has 0 aliphatic rings. The Kier molecular flexibility index (Phi) is 4.70. The Hall–Kier alpha value is -2.35. The van der Waals surface area contributed by atoms with E-state index in [-0.39, 0.29) is 0 Å². The topological polar surface area (TPSA) is 110 Å². The number of carboxylic acids is 1. The number of carboxylic acid groups (broad SMARTS) is 1. The number of aromatic nitrogens is 1. The predicted molar refractivity (Wildman–Crippen MR) is 56.5 cm³/mol. The summed E-state index contributed by atoms with van der Waals surface area (Å²) in [6.07, 6.45) is 1.38. The van der Waals surface area contributed by atoms with Gasteiger partial charge in [-0.25, -0.2) is 20.1 Å². The minimum absolute atomic E-state index is 0.415. The van der Waals surface area contributed by atoms with Gasteiger partial charge in [-0.1, -0.05) is 0 Å². The highest BCUT2D eigenvalue weighted by Gasteiger charge is 2.03. The van der Waals surface area contributed by atoms with E-state index in [1.807, 2.05) is 5.48 Å². The number of urea groups is 1. The summed E-state index contributed by atoms with van der Waals surface area (Å²) in [6, 6.07) is 2.44. The van der Waals surface area contributed by atoms with Gasteiger partial charge in [0.25, 0.3) is 0 Å². The highest BCUT2D eigenvalue weighted by atomic mass is 16.7. The molecular formula is C9H11N3O5. The van der Waals surface area contributed by atoms with Crippen molar-refractivity contribution in [3.8, 4) is 5.88 Å². The van der Waals surface area contributed by atoms with E-state index < -0.39 is 18.6 Å². The summed E-state index contributed by atoms with van der Waals surface area (Å²) in [4.78, 5) is 29.5. The van der Waals surface area contributed by atoms with Gasteiger partial charge in [-0.05, 0) is 6.07 Å². The van der Waals surface area contributed by atoms with Crippen LogP contribution in [0.3, 0.4) is 0 Å². The molecule has 2 amide bonds. The van der Waals surface area contributed by atoms with E-state index in [0.29, 0.717) is 11.6 Å². The van der Waals surface area contributed by atoms with Crippen LogP contribution in [0.1, 0.15) is 0 Å². The summed E-state index contributed by atoms with van der Waals surface area (Å²) in [5.74, 6) is -0.769. The molecule has 8 heteroatoms. The van der Waals surface area contributed by atoms with Crippen LogP contribution in [0, 0.1) is 0 Å². The van der Waals surface area contributed by atoms with Gasteiger partial charge >= 0.3 is 12.0 Å². The predicted octanol–water partition coefficient (Wildman–Crippen LogP) is 0.228. The molecule has 8 nitrogen and oxygen atoms in total. The van der Waals surface area contributed by atoms with Gasteiger partial charge < -0.3 is 15.2 Å². The molecule has 0 aliphatic carbocycles. The first-order chi connectivity index (χ1) is 8.11. The third-order valence-corrected chi connectivity index (χ3v) is 1.56. The van der Waals surface area contributed by atoms with E-state index in [9.17, 15) is 9.59 Å². The zero-order chi connectivity index (χ0) is 12.7. The molecule has 0 saturated heterocycles. The lowest BCUT2D eigenvalue weighted by molar-refractivity contribution is -0.143. The van der Waals surface area contributed by atoms with Crippen molar-refractivity contribution in [1.82, 2.24) is 10.5 Å². The first kappa shape index (κ1) is 12.7. The maximum atomic E-state index is 11.1. The molecule has 3 N–H and O–H groups in total. The lowest BCUT2D eigenvalue weighted by Crippen LogP contribution is -2.30. The number of pyridine rings is 1. The summed E-state index contributed by atoms with van der Waals surface area (Å²) in [5, 5.41) is 10.6. The Morgan fingerprint density at radius 2 is 2.24 bits per heavy atom. The molecule has 0 saturated carbocycles. The third-order valence-electron chi connectivity index (χ3n) is 1.56. The van der Waals surface area contributed by atoms with Crippen LogP contribution in [0.2, 0.25) is 0 Å². The molecule has 0 fully saturated rings. The second kappa shape index (κ2) is 6.28. The molecule has 0 aliphatic heterocycles. The smallest absolute Gasteiger partial charge is 0.343 e. The molecular weight excluding hydrogens is 230 g/mol. The van der Waals surface area contributed by atoms with Crippen LogP contribution in [0.5, 0.6) is 5.88 Å². The van der Waals surface area contributed by atoms with Crippen molar-refractivity contribution in [2.75, 3.05) is 19.0 Å².